The summed E-state index contributed by atoms with van der Waals surface area (Å²) >= 11 is 0. The summed E-state index contributed by atoms with van der Waals surface area (Å²) in [6, 6.07) is 10.1. The zero-order chi connectivity index (χ0) is 19.0. The molecule has 4 rings (SSSR count). The SMILES string of the molecule is C=C1N(Cc2ccccc2)CC(=O)N1c1cnn(Cc2c(C)noc2C)c1. The fraction of sp³-hybridized carbons (Fsp3) is 0.250. The number of rotatable bonds is 5. The lowest BCUT2D eigenvalue weighted by molar-refractivity contribution is -0.116. The number of amides is 1. The Bertz CT molecular complexity index is 969. The van der Waals surface area contributed by atoms with E-state index >= 15 is 0 Å². The van der Waals surface area contributed by atoms with E-state index < -0.39 is 0 Å². The second-order valence-electron chi connectivity index (χ2n) is 6.69. The van der Waals surface area contributed by atoms with Crippen LogP contribution in [0.3, 0.4) is 0 Å². The molecule has 3 heterocycles. The molecule has 3 aromatic rings. The van der Waals surface area contributed by atoms with Crippen LogP contribution in [0.1, 0.15) is 22.6 Å². The molecule has 0 atom stereocenters. The highest BCUT2D eigenvalue weighted by Gasteiger charge is 2.33. The van der Waals surface area contributed by atoms with E-state index in [2.05, 4.69) is 16.8 Å². The predicted octanol–water partition coefficient (Wildman–Crippen LogP) is 2.86. The molecule has 0 aliphatic carbocycles. The Balaban J connectivity index is 1.51. The molecule has 0 unspecified atom stereocenters. The predicted molar refractivity (Wildman–Crippen MR) is 101 cm³/mol. The Hall–Kier alpha value is -3.35. The number of benzene rings is 1. The third-order valence-electron chi connectivity index (χ3n) is 4.79. The first-order chi connectivity index (χ1) is 13.0. The highest BCUT2D eigenvalue weighted by atomic mass is 16.5. The van der Waals surface area contributed by atoms with Crippen LogP contribution in [0.2, 0.25) is 0 Å². The lowest BCUT2D eigenvalue weighted by Crippen LogP contribution is -2.23. The van der Waals surface area contributed by atoms with Crippen LogP contribution in [-0.2, 0) is 17.9 Å². The lowest BCUT2D eigenvalue weighted by Gasteiger charge is -2.21. The molecule has 0 radical (unpaired) electrons. The van der Waals surface area contributed by atoms with Crippen LogP contribution in [0, 0.1) is 13.8 Å². The van der Waals surface area contributed by atoms with Crippen molar-refractivity contribution in [2.45, 2.75) is 26.9 Å². The molecule has 1 amide bonds. The molecule has 7 heteroatoms. The van der Waals surface area contributed by atoms with Crippen molar-refractivity contribution in [2.24, 2.45) is 0 Å². The Morgan fingerprint density at radius 3 is 2.67 bits per heavy atom. The molecule has 1 aromatic carbocycles. The summed E-state index contributed by atoms with van der Waals surface area (Å²) in [5.41, 5.74) is 3.71. The summed E-state index contributed by atoms with van der Waals surface area (Å²) in [5, 5.41) is 8.36. The van der Waals surface area contributed by atoms with Gasteiger partial charge in [0.15, 0.2) is 0 Å². The van der Waals surface area contributed by atoms with Crippen LogP contribution < -0.4 is 4.90 Å². The van der Waals surface area contributed by atoms with Crippen LogP contribution >= 0.6 is 0 Å². The molecule has 7 nitrogen and oxygen atoms in total. The molecule has 1 aliphatic heterocycles. The molecular formula is C20H21N5O2. The van der Waals surface area contributed by atoms with E-state index in [1.807, 2.05) is 55.3 Å². The maximum atomic E-state index is 12.6. The number of hydrogen-bond donors (Lipinski definition) is 0. The fourth-order valence-corrected chi connectivity index (χ4v) is 3.30. The first-order valence-corrected chi connectivity index (χ1v) is 8.78. The van der Waals surface area contributed by atoms with Gasteiger partial charge < -0.3 is 9.42 Å². The van der Waals surface area contributed by atoms with Gasteiger partial charge in [0.2, 0.25) is 0 Å². The number of nitrogens with zero attached hydrogens (tertiary/aromatic N) is 5. The number of aromatic nitrogens is 3. The zero-order valence-corrected chi connectivity index (χ0v) is 15.4. The van der Waals surface area contributed by atoms with E-state index in [1.54, 1.807) is 15.8 Å². The van der Waals surface area contributed by atoms with Crippen molar-refractivity contribution < 1.29 is 9.32 Å². The van der Waals surface area contributed by atoms with Crippen molar-refractivity contribution in [3.8, 4) is 0 Å². The first-order valence-electron chi connectivity index (χ1n) is 8.78. The number of carbonyl (C=O) groups excluding carboxylic acids is 1. The van der Waals surface area contributed by atoms with Crippen LogP contribution in [0.15, 0.2) is 59.6 Å². The molecule has 0 spiro atoms. The van der Waals surface area contributed by atoms with Crippen LogP contribution in [-0.4, -0.2) is 32.3 Å². The maximum Gasteiger partial charge on any atom is 0.252 e. The van der Waals surface area contributed by atoms with Crippen molar-refractivity contribution in [3.63, 3.8) is 0 Å². The van der Waals surface area contributed by atoms with Gasteiger partial charge in [-0.1, -0.05) is 42.1 Å². The quantitative estimate of drug-likeness (QED) is 0.697. The zero-order valence-electron chi connectivity index (χ0n) is 15.4. The normalized spacial score (nSPS) is 14.4. The Morgan fingerprint density at radius 1 is 1.19 bits per heavy atom. The number of carbonyl (C=O) groups is 1. The average Bonchev–Trinajstić information content (AvgIpc) is 3.31. The third kappa shape index (κ3) is 3.23. The molecule has 1 saturated heterocycles. The smallest absolute Gasteiger partial charge is 0.252 e. The maximum absolute atomic E-state index is 12.6. The summed E-state index contributed by atoms with van der Waals surface area (Å²) in [4.78, 5) is 16.2. The van der Waals surface area contributed by atoms with E-state index in [-0.39, 0.29) is 5.91 Å². The van der Waals surface area contributed by atoms with Crippen molar-refractivity contribution in [3.05, 3.63) is 77.7 Å². The number of anilines is 1. The highest BCUT2D eigenvalue weighted by molar-refractivity contribution is 6.00. The number of aryl methyl sites for hydroxylation is 2. The summed E-state index contributed by atoms with van der Waals surface area (Å²) in [7, 11) is 0. The summed E-state index contributed by atoms with van der Waals surface area (Å²) in [5.74, 6) is 1.44. The van der Waals surface area contributed by atoms with Gasteiger partial charge in [-0.2, -0.15) is 5.10 Å². The van der Waals surface area contributed by atoms with E-state index in [9.17, 15) is 4.79 Å². The van der Waals surface area contributed by atoms with Crippen molar-refractivity contribution in [1.29, 1.82) is 0 Å². The van der Waals surface area contributed by atoms with Crippen LogP contribution in [0.25, 0.3) is 0 Å². The van der Waals surface area contributed by atoms with Gasteiger partial charge in [-0.05, 0) is 19.4 Å². The fourth-order valence-electron chi connectivity index (χ4n) is 3.30. The van der Waals surface area contributed by atoms with Gasteiger partial charge in [0.1, 0.15) is 11.6 Å². The summed E-state index contributed by atoms with van der Waals surface area (Å²) < 4.78 is 6.98. The monoisotopic (exact) mass is 363 g/mol. The van der Waals surface area contributed by atoms with Crippen LogP contribution in [0.4, 0.5) is 5.69 Å². The highest BCUT2D eigenvalue weighted by Crippen LogP contribution is 2.27. The van der Waals surface area contributed by atoms with E-state index in [4.69, 9.17) is 4.52 Å². The summed E-state index contributed by atoms with van der Waals surface area (Å²) in [6.07, 6.45) is 3.54. The van der Waals surface area contributed by atoms with Gasteiger partial charge in [0, 0.05) is 18.3 Å². The minimum absolute atomic E-state index is 0.00665. The minimum Gasteiger partial charge on any atom is -0.361 e. The van der Waals surface area contributed by atoms with Gasteiger partial charge in [0.05, 0.1) is 30.7 Å². The molecule has 1 fully saturated rings. The Kier molecular flexibility index (Phi) is 4.27. The molecule has 138 valence electrons. The van der Waals surface area contributed by atoms with Crippen LogP contribution in [0.5, 0.6) is 0 Å². The van der Waals surface area contributed by atoms with Gasteiger partial charge in [-0.15, -0.1) is 0 Å². The van der Waals surface area contributed by atoms with E-state index in [1.165, 1.54) is 0 Å². The Labute approximate surface area is 157 Å². The second kappa shape index (κ2) is 6.75. The summed E-state index contributed by atoms with van der Waals surface area (Å²) in [6.45, 7) is 9.41. The average molecular weight is 363 g/mol. The molecular weight excluding hydrogens is 342 g/mol. The van der Waals surface area contributed by atoms with Gasteiger partial charge >= 0.3 is 0 Å². The Morgan fingerprint density at radius 2 is 1.96 bits per heavy atom. The lowest BCUT2D eigenvalue weighted by atomic mass is 10.2. The first kappa shape index (κ1) is 17.1. The molecule has 2 aromatic heterocycles. The van der Waals surface area contributed by atoms with Crippen molar-refractivity contribution in [1.82, 2.24) is 19.8 Å². The van der Waals surface area contributed by atoms with Gasteiger partial charge in [0.25, 0.3) is 5.91 Å². The minimum atomic E-state index is -0.00665. The van der Waals surface area contributed by atoms with Gasteiger partial charge in [-0.3, -0.25) is 14.4 Å². The molecule has 0 N–H and O–H groups in total. The molecule has 0 saturated carbocycles. The van der Waals surface area contributed by atoms with E-state index in [0.29, 0.717) is 31.1 Å². The number of hydrogen-bond acceptors (Lipinski definition) is 5. The van der Waals surface area contributed by atoms with E-state index in [0.717, 1.165) is 22.6 Å². The third-order valence-corrected chi connectivity index (χ3v) is 4.79. The van der Waals surface area contributed by atoms with Crippen molar-refractivity contribution >= 4 is 11.6 Å². The molecule has 1 aliphatic rings. The largest absolute Gasteiger partial charge is 0.361 e. The topological polar surface area (TPSA) is 67.4 Å². The van der Waals surface area contributed by atoms with Crippen molar-refractivity contribution in [2.75, 3.05) is 11.4 Å². The standard InChI is InChI=1S/C20H21N5O2/c1-14-19(15(2)27-22-14)12-24-11-18(9-21-24)25-16(3)23(13-20(25)26)10-17-7-5-4-6-8-17/h4-9,11H,3,10,12-13H2,1-2H3. The molecule has 0 bridgehead atoms. The van der Waals surface area contributed by atoms with Gasteiger partial charge in [-0.25, -0.2) is 0 Å². The second-order valence-corrected chi connectivity index (χ2v) is 6.69. The molecule has 27 heavy (non-hydrogen) atoms.